The Labute approximate surface area is 95.0 Å². The summed E-state index contributed by atoms with van der Waals surface area (Å²) in [6.45, 7) is 2.62. The molecule has 0 spiro atoms. The molecule has 1 N–H and O–H groups in total. The second kappa shape index (κ2) is 6.58. The molecular weight excluding hydrogens is 214 g/mol. The number of alkyl halides is 1. The summed E-state index contributed by atoms with van der Waals surface area (Å²) in [5.74, 6) is 1.28. The lowest BCUT2D eigenvalue weighted by atomic mass is 10.3. The first-order valence-electron chi connectivity index (χ1n) is 4.92. The minimum atomic E-state index is 0.0799. The Bertz CT molecular complexity index is 296. The van der Waals surface area contributed by atoms with Gasteiger partial charge in [-0.25, -0.2) is 9.97 Å². The normalized spacial score (nSPS) is 12.5. The lowest BCUT2D eigenvalue weighted by molar-refractivity contribution is 0.191. The Morgan fingerprint density at radius 2 is 2.33 bits per heavy atom. The fraction of sp³-hybridized carbons (Fsp3) is 0.600. The monoisotopic (exact) mass is 229 g/mol. The minimum absolute atomic E-state index is 0.0799. The van der Waals surface area contributed by atoms with Crippen molar-refractivity contribution in [2.24, 2.45) is 0 Å². The molecular formula is C10H16ClN3O. The predicted molar refractivity (Wildman–Crippen MR) is 61.4 cm³/mol. The van der Waals surface area contributed by atoms with E-state index in [0.29, 0.717) is 12.5 Å². The molecule has 15 heavy (non-hydrogen) atoms. The van der Waals surface area contributed by atoms with Crippen LogP contribution in [-0.4, -0.2) is 35.6 Å². The van der Waals surface area contributed by atoms with E-state index >= 15 is 0 Å². The van der Waals surface area contributed by atoms with Gasteiger partial charge in [0.05, 0.1) is 12.6 Å². The Kier molecular flexibility index (Phi) is 5.36. The number of aromatic nitrogens is 2. The minimum Gasteiger partial charge on any atom is -0.383 e. The van der Waals surface area contributed by atoms with Crippen molar-refractivity contribution in [2.75, 3.05) is 24.9 Å². The first-order chi connectivity index (χ1) is 7.30. The maximum Gasteiger partial charge on any atom is 0.129 e. The summed E-state index contributed by atoms with van der Waals surface area (Å²) in [5, 5.41) is 3.20. The van der Waals surface area contributed by atoms with Crippen LogP contribution in [0.4, 0.5) is 5.82 Å². The van der Waals surface area contributed by atoms with Crippen LogP contribution in [0, 0.1) is 0 Å². The average Bonchev–Trinajstić information content (AvgIpc) is 2.29. The number of methoxy groups -OCH3 is 1. The molecule has 0 aliphatic rings. The summed E-state index contributed by atoms with van der Waals surface area (Å²) in [5.41, 5.74) is 1.01. The second-order valence-corrected chi connectivity index (χ2v) is 3.51. The summed E-state index contributed by atoms with van der Waals surface area (Å²) in [6.07, 6.45) is 2.45. The molecule has 0 saturated carbocycles. The van der Waals surface area contributed by atoms with Crippen molar-refractivity contribution in [1.82, 2.24) is 9.97 Å². The van der Waals surface area contributed by atoms with Gasteiger partial charge in [0.25, 0.3) is 0 Å². The van der Waals surface area contributed by atoms with E-state index in [1.807, 2.05) is 6.07 Å². The summed E-state index contributed by atoms with van der Waals surface area (Å²) in [4.78, 5) is 8.24. The molecule has 1 rings (SSSR count). The highest BCUT2D eigenvalue weighted by Gasteiger charge is 2.07. The van der Waals surface area contributed by atoms with Gasteiger partial charge >= 0.3 is 0 Å². The highest BCUT2D eigenvalue weighted by Crippen LogP contribution is 2.07. The van der Waals surface area contributed by atoms with E-state index < -0.39 is 0 Å². The first-order valence-corrected chi connectivity index (χ1v) is 5.46. The van der Waals surface area contributed by atoms with Gasteiger partial charge in [-0.15, -0.1) is 11.6 Å². The van der Waals surface area contributed by atoms with Gasteiger partial charge in [0.1, 0.15) is 12.1 Å². The lowest BCUT2D eigenvalue weighted by Crippen LogP contribution is -2.27. The number of nitrogens with zero attached hydrogens (tertiary/aromatic N) is 2. The topological polar surface area (TPSA) is 47.0 Å². The number of aryl methyl sites for hydroxylation is 1. The maximum atomic E-state index is 5.78. The molecule has 0 radical (unpaired) electrons. The van der Waals surface area contributed by atoms with Crippen LogP contribution < -0.4 is 5.32 Å². The van der Waals surface area contributed by atoms with E-state index in [4.69, 9.17) is 16.3 Å². The number of ether oxygens (including phenoxy) is 1. The summed E-state index contributed by atoms with van der Waals surface area (Å²) in [6, 6.07) is 2.01. The molecule has 1 heterocycles. The molecule has 1 atom stereocenters. The van der Waals surface area contributed by atoms with Crippen LogP contribution in [-0.2, 0) is 11.2 Å². The first kappa shape index (κ1) is 12.2. The third-order valence-corrected chi connectivity index (χ3v) is 2.36. The Morgan fingerprint density at radius 3 is 2.93 bits per heavy atom. The number of hydrogen-bond donors (Lipinski definition) is 1. The molecule has 0 aromatic carbocycles. The van der Waals surface area contributed by atoms with Crippen molar-refractivity contribution in [1.29, 1.82) is 0 Å². The molecule has 84 valence electrons. The van der Waals surface area contributed by atoms with Gasteiger partial charge in [-0.2, -0.15) is 0 Å². The molecule has 1 unspecified atom stereocenters. The van der Waals surface area contributed by atoms with Crippen molar-refractivity contribution in [3.05, 3.63) is 18.1 Å². The molecule has 0 aliphatic heterocycles. The summed E-state index contributed by atoms with van der Waals surface area (Å²) < 4.78 is 5.03. The van der Waals surface area contributed by atoms with E-state index in [1.54, 1.807) is 13.4 Å². The fourth-order valence-corrected chi connectivity index (χ4v) is 1.37. The number of nitrogens with one attached hydrogen (secondary N) is 1. The molecule has 0 aliphatic carbocycles. The predicted octanol–water partition coefficient (Wildman–Crippen LogP) is 1.70. The van der Waals surface area contributed by atoms with Crippen molar-refractivity contribution in [3.63, 3.8) is 0 Å². The largest absolute Gasteiger partial charge is 0.383 e. The maximum absolute atomic E-state index is 5.78. The Hall–Kier alpha value is -0.870. The van der Waals surface area contributed by atoms with Crippen molar-refractivity contribution < 1.29 is 4.74 Å². The van der Waals surface area contributed by atoms with E-state index in [-0.39, 0.29) is 6.04 Å². The molecule has 0 amide bonds. The van der Waals surface area contributed by atoms with Crippen LogP contribution in [0.3, 0.4) is 0 Å². The number of hydrogen-bond acceptors (Lipinski definition) is 4. The van der Waals surface area contributed by atoms with Crippen LogP contribution in [0.25, 0.3) is 0 Å². The summed E-state index contributed by atoms with van der Waals surface area (Å²) in [7, 11) is 1.65. The van der Waals surface area contributed by atoms with E-state index in [1.165, 1.54) is 0 Å². The Balaban J connectivity index is 2.61. The highest BCUT2D eigenvalue weighted by molar-refractivity contribution is 6.18. The van der Waals surface area contributed by atoms with Gasteiger partial charge in [0.2, 0.25) is 0 Å². The molecule has 4 nitrogen and oxygen atoms in total. The van der Waals surface area contributed by atoms with Gasteiger partial charge in [-0.1, -0.05) is 6.92 Å². The quantitative estimate of drug-likeness (QED) is 0.755. The molecule has 1 aromatic rings. The smallest absolute Gasteiger partial charge is 0.129 e. The molecule has 0 fully saturated rings. The van der Waals surface area contributed by atoms with Gasteiger partial charge in [0, 0.05) is 24.8 Å². The van der Waals surface area contributed by atoms with Gasteiger partial charge in [-0.3, -0.25) is 0 Å². The van der Waals surface area contributed by atoms with Crippen LogP contribution in [0.5, 0.6) is 0 Å². The molecule has 0 saturated heterocycles. The molecule has 1 aromatic heterocycles. The SMILES string of the molecule is CCc1cc(NC(CCl)COC)ncn1. The standard InChI is InChI=1S/C10H16ClN3O/c1-3-8-4-10(13-7-12-8)14-9(5-11)6-15-2/h4,7,9H,3,5-6H2,1-2H3,(H,12,13,14). The van der Waals surface area contributed by atoms with Gasteiger partial charge in [-0.05, 0) is 6.42 Å². The van der Waals surface area contributed by atoms with Crippen molar-refractivity contribution in [3.8, 4) is 0 Å². The van der Waals surface area contributed by atoms with E-state index in [2.05, 4.69) is 22.2 Å². The number of rotatable bonds is 6. The van der Waals surface area contributed by atoms with Crippen LogP contribution >= 0.6 is 11.6 Å². The van der Waals surface area contributed by atoms with Crippen molar-refractivity contribution in [2.45, 2.75) is 19.4 Å². The van der Waals surface area contributed by atoms with E-state index in [0.717, 1.165) is 17.9 Å². The second-order valence-electron chi connectivity index (χ2n) is 3.20. The molecule has 5 heteroatoms. The van der Waals surface area contributed by atoms with Crippen LogP contribution in [0.15, 0.2) is 12.4 Å². The zero-order chi connectivity index (χ0) is 11.1. The highest BCUT2D eigenvalue weighted by atomic mass is 35.5. The average molecular weight is 230 g/mol. The van der Waals surface area contributed by atoms with Crippen LogP contribution in [0.2, 0.25) is 0 Å². The Morgan fingerprint density at radius 1 is 1.53 bits per heavy atom. The van der Waals surface area contributed by atoms with Gasteiger partial charge < -0.3 is 10.1 Å². The van der Waals surface area contributed by atoms with Crippen LogP contribution in [0.1, 0.15) is 12.6 Å². The third kappa shape index (κ3) is 4.01. The molecule has 0 bridgehead atoms. The summed E-state index contributed by atoms with van der Waals surface area (Å²) >= 11 is 5.78. The van der Waals surface area contributed by atoms with E-state index in [9.17, 15) is 0 Å². The van der Waals surface area contributed by atoms with Gasteiger partial charge in [0.15, 0.2) is 0 Å². The van der Waals surface area contributed by atoms with Crippen molar-refractivity contribution >= 4 is 17.4 Å². The lowest BCUT2D eigenvalue weighted by Gasteiger charge is -2.15. The number of anilines is 1. The fourth-order valence-electron chi connectivity index (χ4n) is 1.20. The number of halogens is 1. The third-order valence-electron chi connectivity index (χ3n) is 1.99. The zero-order valence-electron chi connectivity index (χ0n) is 9.03. The zero-order valence-corrected chi connectivity index (χ0v) is 9.79.